The van der Waals surface area contributed by atoms with E-state index in [4.69, 9.17) is 14.6 Å². The van der Waals surface area contributed by atoms with E-state index in [2.05, 4.69) is 34.9 Å². The SMILES string of the molecule is COC(CNC(=O)CC(NC(=O)OCC1c2ccccc2-c2ccccc21)C1CC1)CC(=O)O. The molecule has 0 aliphatic heterocycles. The third-order valence-corrected chi connectivity index (χ3v) is 6.51. The van der Waals surface area contributed by atoms with Crippen molar-refractivity contribution in [3.63, 3.8) is 0 Å². The summed E-state index contributed by atoms with van der Waals surface area (Å²) >= 11 is 0. The number of rotatable bonds is 11. The number of alkyl carbamates (subject to hydrolysis) is 1. The van der Waals surface area contributed by atoms with Gasteiger partial charge in [-0.1, -0.05) is 48.5 Å². The van der Waals surface area contributed by atoms with Gasteiger partial charge in [0.15, 0.2) is 0 Å². The number of hydrogen-bond acceptors (Lipinski definition) is 5. The van der Waals surface area contributed by atoms with Crippen molar-refractivity contribution in [2.75, 3.05) is 20.3 Å². The fourth-order valence-corrected chi connectivity index (χ4v) is 4.56. The lowest BCUT2D eigenvalue weighted by molar-refractivity contribution is -0.140. The number of fused-ring (bicyclic) bond motifs is 3. The summed E-state index contributed by atoms with van der Waals surface area (Å²) in [6, 6.07) is 16.0. The number of aliphatic carboxylic acids is 1. The summed E-state index contributed by atoms with van der Waals surface area (Å²) in [6.45, 7) is 0.318. The minimum absolute atomic E-state index is 0.0268. The molecule has 34 heavy (non-hydrogen) atoms. The summed E-state index contributed by atoms with van der Waals surface area (Å²) in [5, 5.41) is 14.5. The Hall–Kier alpha value is -3.39. The van der Waals surface area contributed by atoms with Crippen LogP contribution < -0.4 is 10.6 Å². The maximum Gasteiger partial charge on any atom is 0.407 e. The Morgan fingerprint density at radius 1 is 1.00 bits per heavy atom. The summed E-state index contributed by atoms with van der Waals surface area (Å²) in [4.78, 5) is 35.9. The van der Waals surface area contributed by atoms with Gasteiger partial charge in [-0.15, -0.1) is 0 Å². The molecule has 8 heteroatoms. The van der Waals surface area contributed by atoms with Gasteiger partial charge in [0.1, 0.15) is 6.61 Å². The first-order valence-electron chi connectivity index (χ1n) is 11.6. The highest BCUT2D eigenvalue weighted by atomic mass is 16.5. The van der Waals surface area contributed by atoms with Crippen LogP contribution in [0.1, 0.15) is 42.7 Å². The third-order valence-electron chi connectivity index (χ3n) is 6.51. The maximum absolute atomic E-state index is 12.6. The molecule has 2 unspecified atom stereocenters. The number of carboxylic acids is 1. The largest absolute Gasteiger partial charge is 0.481 e. The highest BCUT2D eigenvalue weighted by Crippen LogP contribution is 2.44. The van der Waals surface area contributed by atoms with Gasteiger partial charge in [0.05, 0.1) is 12.5 Å². The first-order valence-corrected chi connectivity index (χ1v) is 11.6. The van der Waals surface area contributed by atoms with Crippen molar-refractivity contribution in [1.82, 2.24) is 10.6 Å². The van der Waals surface area contributed by atoms with Gasteiger partial charge < -0.3 is 25.2 Å². The lowest BCUT2D eigenvalue weighted by Gasteiger charge is -2.20. The van der Waals surface area contributed by atoms with Crippen LogP contribution in [0.5, 0.6) is 0 Å². The predicted molar refractivity (Wildman–Crippen MR) is 125 cm³/mol. The molecule has 2 atom stereocenters. The second-order valence-electron chi connectivity index (χ2n) is 8.88. The van der Waals surface area contributed by atoms with E-state index in [9.17, 15) is 14.4 Å². The summed E-state index contributed by atoms with van der Waals surface area (Å²) in [7, 11) is 1.41. The van der Waals surface area contributed by atoms with Gasteiger partial charge in [0.2, 0.25) is 5.91 Å². The Kier molecular flexibility index (Phi) is 7.47. The molecule has 0 spiro atoms. The number of hydrogen-bond donors (Lipinski definition) is 3. The Morgan fingerprint density at radius 3 is 2.18 bits per heavy atom. The second kappa shape index (κ2) is 10.7. The molecular formula is C26H30N2O6. The molecule has 0 radical (unpaired) electrons. The Labute approximate surface area is 198 Å². The number of carboxylic acid groups (broad SMARTS) is 1. The minimum atomic E-state index is -0.992. The number of benzene rings is 2. The monoisotopic (exact) mass is 466 g/mol. The van der Waals surface area contributed by atoms with Gasteiger partial charge >= 0.3 is 12.1 Å². The van der Waals surface area contributed by atoms with E-state index < -0.39 is 18.2 Å². The van der Waals surface area contributed by atoms with Gasteiger partial charge in [-0.2, -0.15) is 0 Å². The zero-order valence-electron chi connectivity index (χ0n) is 19.2. The molecule has 0 bridgehead atoms. The van der Waals surface area contributed by atoms with Crippen molar-refractivity contribution in [2.45, 2.75) is 43.7 Å². The van der Waals surface area contributed by atoms with Crippen molar-refractivity contribution in [3.05, 3.63) is 59.7 Å². The fraction of sp³-hybridized carbons (Fsp3) is 0.423. The van der Waals surface area contributed by atoms with E-state index in [1.807, 2.05) is 24.3 Å². The van der Waals surface area contributed by atoms with Crippen LogP contribution in [0.25, 0.3) is 11.1 Å². The van der Waals surface area contributed by atoms with Crippen LogP contribution in [0.15, 0.2) is 48.5 Å². The first-order chi connectivity index (χ1) is 16.5. The van der Waals surface area contributed by atoms with Crippen molar-refractivity contribution in [1.29, 1.82) is 0 Å². The van der Waals surface area contributed by atoms with Gasteiger partial charge in [-0.3, -0.25) is 9.59 Å². The van der Waals surface area contributed by atoms with Crippen LogP contribution in [0.2, 0.25) is 0 Å². The zero-order valence-corrected chi connectivity index (χ0v) is 19.2. The highest BCUT2D eigenvalue weighted by molar-refractivity contribution is 5.79. The predicted octanol–water partition coefficient (Wildman–Crippen LogP) is 3.30. The molecule has 1 fully saturated rings. The smallest absolute Gasteiger partial charge is 0.407 e. The van der Waals surface area contributed by atoms with Gasteiger partial charge in [-0.05, 0) is 41.0 Å². The van der Waals surface area contributed by atoms with Crippen molar-refractivity contribution in [3.8, 4) is 11.1 Å². The van der Waals surface area contributed by atoms with Crippen LogP contribution in [0.4, 0.5) is 4.79 Å². The fourth-order valence-electron chi connectivity index (χ4n) is 4.56. The molecule has 2 aliphatic rings. The van der Waals surface area contributed by atoms with Crippen molar-refractivity contribution in [2.24, 2.45) is 5.92 Å². The van der Waals surface area contributed by atoms with Crippen LogP contribution in [-0.2, 0) is 19.1 Å². The number of amides is 2. The van der Waals surface area contributed by atoms with E-state index in [1.54, 1.807) is 0 Å². The molecule has 2 amide bonds. The number of nitrogens with one attached hydrogen (secondary N) is 2. The average molecular weight is 467 g/mol. The summed E-state index contributed by atoms with van der Waals surface area (Å²) < 4.78 is 10.7. The second-order valence-corrected chi connectivity index (χ2v) is 8.88. The molecule has 0 heterocycles. The minimum Gasteiger partial charge on any atom is -0.481 e. The van der Waals surface area contributed by atoms with E-state index in [0.717, 1.165) is 35.1 Å². The normalized spacial score (nSPS) is 16.1. The molecule has 2 aromatic carbocycles. The number of carbonyl (C=O) groups is 3. The lowest BCUT2D eigenvalue weighted by atomic mass is 9.98. The Morgan fingerprint density at radius 2 is 1.62 bits per heavy atom. The van der Waals surface area contributed by atoms with Gasteiger partial charge in [0.25, 0.3) is 0 Å². The van der Waals surface area contributed by atoms with E-state index in [-0.39, 0.29) is 49.8 Å². The van der Waals surface area contributed by atoms with Crippen LogP contribution >= 0.6 is 0 Å². The highest BCUT2D eigenvalue weighted by Gasteiger charge is 2.35. The maximum atomic E-state index is 12.6. The number of ether oxygens (including phenoxy) is 2. The quantitative estimate of drug-likeness (QED) is 0.468. The molecule has 0 saturated heterocycles. The van der Waals surface area contributed by atoms with E-state index in [0.29, 0.717) is 0 Å². The zero-order chi connectivity index (χ0) is 24.1. The van der Waals surface area contributed by atoms with Crippen LogP contribution in [0.3, 0.4) is 0 Å². The van der Waals surface area contributed by atoms with Gasteiger partial charge in [0, 0.05) is 32.0 Å². The van der Waals surface area contributed by atoms with E-state index in [1.165, 1.54) is 7.11 Å². The first kappa shape index (κ1) is 23.8. The summed E-state index contributed by atoms with van der Waals surface area (Å²) in [6.07, 6.45) is 0.671. The molecule has 2 aromatic rings. The van der Waals surface area contributed by atoms with Crippen LogP contribution in [-0.4, -0.2) is 55.5 Å². The lowest BCUT2D eigenvalue weighted by Crippen LogP contribution is -2.42. The molecule has 1 saturated carbocycles. The van der Waals surface area contributed by atoms with Crippen LogP contribution in [0, 0.1) is 5.92 Å². The summed E-state index contributed by atoms with van der Waals surface area (Å²) in [5.74, 6) is -1.04. The molecule has 8 nitrogen and oxygen atoms in total. The van der Waals surface area contributed by atoms with Gasteiger partial charge in [-0.25, -0.2) is 4.79 Å². The topological polar surface area (TPSA) is 114 Å². The summed E-state index contributed by atoms with van der Waals surface area (Å²) in [5.41, 5.74) is 4.61. The Bertz CT molecular complexity index is 1010. The average Bonchev–Trinajstić information content (AvgIpc) is 3.63. The molecule has 3 N–H and O–H groups in total. The van der Waals surface area contributed by atoms with E-state index >= 15 is 0 Å². The molecule has 2 aliphatic carbocycles. The Balaban J connectivity index is 1.30. The molecule has 4 rings (SSSR count). The van der Waals surface area contributed by atoms with Crippen molar-refractivity contribution < 1.29 is 29.0 Å². The van der Waals surface area contributed by atoms with Crippen molar-refractivity contribution >= 4 is 18.0 Å². The third kappa shape index (κ3) is 5.75. The molecular weight excluding hydrogens is 436 g/mol. The molecule has 180 valence electrons. The number of methoxy groups -OCH3 is 1. The number of carbonyl (C=O) groups excluding carboxylic acids is 2. The standard InChI is InChI=1S/C26H30N2O6/c1-33-17(12-25(30)31)14-27-24(29)13-23(16-10-11-16)28-26(32)34-15-22-20-8-4-2-6-18(20)19-7-3-5-9-21(19)22/h2-9,16-17,22-23H,10-15H2,1H3,(H,27,29)(H,28,32)(H,30,31). The molecule has 0 aromatic heterocycles.